The van der Waals surface area contributed by atoms with Gasteiger partial charge in [0.25, 0.3) is 5.91 Å². The summed E-state index contributed by atoms with van der Waals surface area (Å²) in [5.74, 6) is 0.0826. The summed E-state index contributed by atoms with van der Waals surface area (Å²) in [4.78, 5) is 17.2. The molecule has 4 heteroatoms. The lowest BCUT2D eigenvalue weighted by Gasteiger charge is -2.35. The fourth-order valence-corrected chi connectivity index (χ4v) is 3.66. The fraction of sp³-hybridized carbons (Fsp3) is 0.632. The maximum atomic E-state index is 12.4. The number of carbonyl (C=O) groups is 1. The first-order chi connectivity index (χ1) is 11.3. The number of likely N-dealkylation sites (N-methyl/N-ethyl adjacent to an activating group) is 1. The van der Waals surface area contributed by atoms with Crippen molar-refractivity contribution in [3.63, 3.8) is 0 Å². The predicted octanol–water partition coefficient (Wildman–Crippen LogP) is 2.89. The minimum Gasteiger partial charge on any atom is -0.369 e. The molecule has 1 aromatic rings. The molecule has 0 aromatic heterocycles. The smallest absolute Gasteiger partial charge is 0.251 e. The Morgan fingerprint density at radius 3 is 2.30 bits per heavy atom. The van der Waals surface area contributed by atoms with Gasteiger partial charge in [-0.3, -0.25) is 4.79 Å². The van der Waals surface area contributed by atoms with E-state index in [0.29, 0.717) is 6.04 Å². The van der Waals surface area contributed by atoms with Gasteiger partial charge in [-0.15, -0.1) is 0 Å². The molecule has 23 heavy (non-hydrogen) atoms. The molecule has 3 rings (SSSR count). The summed E-state index contributed by atoms with van der Waals surface area (Å²) >= 11 is 0. The molecule has 4 nitrogen and oxygen atoms in total. The van der Waals surface area contributed by atoms with Crippen LogP contribution in [0.4, 0.5) is 5.69 Å². The van der Waals surface area contributed by atoms with Crippen molar-refractivity contribution in [1.29, 1.82) is 0 Å². The first kappa shape index (κ1) is 16.3. The van der Waals surface area contributed by atoms with Crippen LogP contribution >= 0.6 is 0 Å². The highest BCUT2D eigenvalue weighted by Gasteiger charge is 2.18. The van der Waals surface area contributed by atoms with E-state index in [2.05, 4.69) is 34.2 Å². The lowest BCUT2D eigenvalue weighted by molar-refractivity contribution is 0.0927. The van der Waals surface area contributed by atoms with Crippen LogP contribution in [0.2, 0.25) is 0 Å². The van der Waals surface area contributed by atoms with Gasteiger partial charge in [0.05, 0.1) is 0 Å². The minimum absolute atomic E-state index is 0.0826. The molecule has 1 aliphatic carbocycles. The average Bonchev–Trinajstić information content (AvgIpc) is 2.63. The molecule has 1 aromatic carbocycles. The van der Waals surface area contributed by atoms with E-state index in [0.717, 1.165) is 51.1 Å². The Bertz CT molecular complexity index is 500. The highest BCUT2D eigenvalue weighted by atomic mass is 16.1. The van der Waals surface area contributed by atoms with E-state index in [1.165, 1.54) is 24.9 Å². The van der Waals surface area contributed by atoms with Crippen molar-refractivity contribution in [3.05, 3.63) is 29.8 Å². The number of benzene rings is 1. The fourth-order valence-electron chi connectivity index (χ4n) is 3.66. The van der Waals surface area contributed by atoms with Crippen LogP contribution in [-0.4, -0.2) is 49.6 Å². The summed E-state index contributed by atoms with van der Waals surface area (Å²) in [5, 5.41) is 3.19. The second kappa shape index (κ2) is 7.82. The molecule has 1 saturated carbocycles. The van der Waals surface area contributed by atoms with Crippen molar-refractivity contribution in [3.8, 4) is 0 Å². The van der Waals surface area contributed by atoms with E-state index in [1.54, 1.807) is 0 Å². The summed E-state index contributed by atoms with van der Waals surface area (Å²) in [6.45, 7) is 7.74. The molecule has 2 aliphatic rings. The zero-order valence-corrected chi connectivity index (χ0v) is 14.3. The lowest BCUT2D eigenvalue weighted by atomic mass is 9.95. The van der Waals surface area contributed by atoms with E-state index < -0.39 is 0 Å². The number of amides is 1. The van der Waals surface area contributed by atoms with Crippen LogP contribution in [0.3, 0.4) is 0 Å². The standard InChI is InChI=1S/C19H29N3O/c1-2-21-12-14-22(15-13-21)18-10-8-16(9-11-18)19(23)20-17-6-4-3-5-7-17/h8-11,17H,2-7,12-15H2,1H3,(H,20,23). The Kier molecular flexibility index (Phi) is 5.55. The van der Waals surface area contributed by atoms with Gasteiger partial charge in [-0.1, -0.05) is 26.2 Å². The lowest BCUT2D eigenvalue weighted by Crippen LogP contribution is -2.46. The van der Waals surface area contributed by atoms with E-state index in [-0.39, 0.29) is 5.91 Å². The summed E-state index contributed by atoms with van der Waals surface area (Å²) < 4.78 is 0. The molecule has 1 heterocycles. The Balaban J connectivity index is 1.55. The number of carbonyl (C=O) groups excluding carboxylic acids is 1. The Labute approximate surface area is 139 Å². The number of hydrogen-bond acceptors (Lipinski definition) is 3. The molecular formula is C19H29N3O. The Morgan fingerprint density at radius 1 is 1.04 bits per heavy atom. The van der Waals surface area contributed by atoms with Gasteiger partial charge in [-0.05, 0) is 43.7 Å². The second-order valence-corrected chi connectivity index (χ2v) is 6.78. The third kappa shape index (κ3) is 4.25. The van der Waals surface area contributed by atoms with Crippen molar-refractivity contribution < 1.29 is 4.79 Å². The SMILES string of the molecule is CCN1CCN(c2ccc(C(=O)NC3CCCCC3)cc2)CC1. The molecule has 0 radical (unpaired) electrons. The first-order valence-electron chi connectivity index (χ1n) is 9.14. The molecule has 0 unspecified atom stereocenters. The van der Waals surface area contributed by atoms with Crippen LogP contribution in [-0.2, 0) is 0 Å². The van der Waals surface area contributed by atoms with Gasteiger partial charge in [-0.2, -0.15) is 0 Å². The molecule has 2 fully saturated rings. The number of nitrogens with one attached hydrogen (secondary N) is 1. The van der Waals surface area contributed by atoms with Gasteiger partial charge in [-0.25, -0.2) is 0 Å². The average molecular weight is 315 g/mol. The molecule has 1 saturated heterocycles. The quantitative estimate of drug-likeness (QED) is 0.928. The molecular weight excluding hydrogens is 286 g/mol. The minimum atomic E-state index is 0.0826. The third-order valence-electron chi connectivity index (χ3n) is 5.25. The summed E-state index contributed by atoms with van der Waals surface area (Å²) in [6, 6.07) is 8.51. The van der Waals surface area contributed by atoms with Gasteiger partial charge < -0.3 is 15.1 Å². The van der Waals surface area contributed by atoms with E-state index in [1.807, 2.05) is 12.1 Å². The van der Waals surface area contributed by atoms with Gasteiger partial charge in [0.1, 0.15) is 0 Å². The monoisotopic (exact) mass is 315 g/mol. The van der Waals surface area contributed by atoms with Crippen LogP contribution in [0.15, 0.2) is 24.3 Å². The highest BCUT2D eigenvalue weighted by Crippen LogP contribution is 2.20. The second-order valence-electron chi connectivity index (χ2n) is 6.78. The van der Waals surface area contributed by atoms with Crippen molar-refractivity contribution in [2.45, 2.75) is 45.1 Å². The number of rotatable bonds is 4. The zero-order chi connectivity index (χ0) is 16.1. The molecule has 1 N–H and O–H groups in total. The van der Waals surface area contributed by atoms with Crippen molar-refractivity contribution in [2.75, 3.05) is 37.6 Å². The molecule has 0 bridgehead atoms. The van der Waals surface area contributed by atoms with Crippen LogP contribution in [0.5, 0.6) is 0 Å². The summed E-state index contributed by atoms with van der Waals surface area (Å²) in [7, 11) is 0. The summed E-state index contributed by atoms with van der Waals surface area (Å²) in [5.41, 5.74) is 2.02. The molecule has 1 amide bonds. The number of hydrogen-bond donors (Lipinski definition) is 1. The Morgan fingerprint density at radius 2 is 1.70 bits per heavy atom. The van der Waals surface area contributed by atoms with Gasteiger partial charge in [0, 0.05) is 43.5 Å². The molecule has 126 valence electrons. The van der Waals surface area contributed by atoms with E-state index in [4.69, 9.17) is 0 Å². The van der Waals surface area contributed by atoms with E-state index in [9.17, 15) is 4.79 Å². The van der Waals surface area contributed by atoms with Crippen LogP contribution < -0.4 is 10.2 Å². The molecule has 1 aliphatic heterocycles. The largest absolute Gasteiger partial charge is 0.369 e. The Hall–Kier alpha value is -1.55. The zero-order valence-electron chi connectivity index (χ0n) is 14.3. The maximum Gasteiger partial charge on any atom is 0.251 e. The van der Waals surface area contributed by atoms with Crippen LogP contribution in [0, 0.1) is 0 Å². The number of piperazine rings is 1. The molecule has 0 atom stereocenters. The normalized spacial score (nSPS) is 20.5. The van der Waals surface area contributed by atoms with Crippen molar-refractivity contribution >= 4 is 11.6 Å². The third-order valence-corrected chi connectivity index (χ3v) is 5.25. The van der Waals surface area contributed by atoms with Gasteiger partial charge in [0.15, 0.2) is 0 Å². The molecule has 0 spiro atoms. The van der Waals surface area contributed by atoms with E-state index >= 15 is 0 Å². The number of nitrogens with zero attached hydrogens (tertiary/aromatic N) is 2. The van der Waals surface area contributed by atoms with Gasteiger partial charge in [0.2, 0.25) is 0 Å². The van der Waals surface area contributed by atoms with Crippen molar-refractivity contribution in [2.24, 2.45) is 0 Å². The highest BCUT2D eigenvalue weighted by molar-refractivity contribution is 5.94. The van der Waals surface area contributed by atoms with Crippen LogP contribution in [0.1, 0.15) is 49.4 Å². The summed E-state index contributed by atoms with van der Waals surface area (Å²) in [6.07, 6.45) is 6.06. The maximum absolute atomic E-state index is 12.4. The van der Waals surface area contributed by atoms with Crippen LogP contribution in [0.25, 0.3) is 0 Å². The number of anilines is 1. The predicted molar refractivity (Wildman–Crippen MR) is 95.1 cm³/mol. The first-order valence-corrected chi connectivity index (χ1v) is 9.14. The topological polar surface area (TPSA) is 35.6 Å². The van der Waals surface area contributed by atoms with Gasteiger partial charge >= 0.3 is 0 Å². The van der Waals surface area contributed by atoms with Crippen molar-refractivity contribution in [1.82, 2.24) is 10.2 Å².